The van der Waals surface area contributed by atoms with Crippen LogP contribution in [0.2, 0.25) is 0 Å². The van der Waals surface area contributed by atoms with Crippen LogP contribution in [-0.2, 0) is 19.0 Å². The number of allylic oxidation sites excluding steroid dienone is 1. The van der Waals surface area contributed by atoms with E-state index in [9.17, 15) is 17.8 Å². The fourth-order valence-electron chi connectivity index (χ4n) is 2.15. The first-order valence-corrected chi connectivity index (χ1v) is 9.73. The molecule has 1 aliphatic heterocycles. The summed E-state index contributed by atoms with van der Waals surface area (Å²) in [5, 5.41) is -0.338. The number of hydrogen-bond donors (Lipinski definition) is 1. The Morgan fingerprint density at radius 1 is 1.43 bits per heavy atom. The van der Waals surface area contributed by atoms with Crippen molar-refractivity contribution in [3.05, 3.63) is 48.0 Å². The minimum atomic E-state index is -4.16. The number of hydrogen-bond acceptors (Lipinski definition) is 5. The first-order valence-electron chi connectivity index (χ1n) is 6.26. The Labute approximate surface area is 133 Å². The van der Waals surface area contributed by atoms with E-state index >= 15 is 0 Å². The van der Waals surface area contributed by atoms with Gasteiger partial charge in [-0.3, -0.25) is 9.35 Å². The molecular weight excluding hydrogens is 328 g/mol. The van der Waals surface area contributed by atoms with Crippen LogP contribution in [0.15, 0.2) is 42.5 Å². The smallest absolute Gasteiger partial charge is 0.267 e. The Kier molecular flexibility index (Phi) is 4.87. The van der Waals surface area contributed by atoms with Crippen molar-refractivity contribution in [3.8, 4) is 0 Å². The zero-order valence-corrected chi connectivity index (χ0v) is 13.9. The van der Waals surface area contributed by atoms with E-state index in [2.05, 4.69) is 6.58 Å². The number of carbonyl (C=O) groups excluding carboxylic acids is 1. The van der Waals surface area contributed by atoms with Crippen molar-refractivity contribution in [1.82, 2.24) is 0 Å². The highest BCUT2D eigenvalue weighted by Crippen LogP contribution is 2.56. The lowest BCUT2D eigenvalue weighted by Crippen LogP contribution is -2.27. The van der Waals surface area contributed by atoms with Gasteiger partial charge in [0.1, 0.15) is 9.83 Å². The molecule has 0 aliphatic carbocycles. The molecule has 21 heavy (non-hydrogen) atoms. The molecule has 1 aromatic carbocycles. The second-order valence-electron chi connectivity index (χ2n) is 4.91. The number of ketones is 1. The molecule has 1 N–H and O–H groups in total. The summed E-state index contributed by atoms with van der Waals surface area (Å²) in [6, 6.07) is 9.11. The molecule has 1 aliphatic rings. The first-order chi connectivity index (χ1) is 9.73. The maximum absolute atomic E-state index is 12.1. The largest absolute Gasteiger partial charge is 0.293 e. The SMILES string of the molecule is C=C(C)C(=O)C1CSC(CS(=O)(=O)O)(c2ccccc2)S1. The Bertz CT molecular complexity index is 654. The van der Waals surface area contributed by atoms with Crippen molar-refractivity contribution >= 4 is 39.4 Å². The standard InChI is InChI=1S/C14H16O4S3/c1-10(2)13(15)12-8-19-14(20-12,9-21(16,17)18)11-6-4-3-5-7-11/h3-7,12H,1,8-9H2,2H3,(H,16,17,18). The molecule has 1 aromatic rings. The van der Waals surface area contributed by atoms with Crippen LogP contribution in [0.3, 0.4) is 0 Å². The molecule has 7 heteroatoms. The predicted octanol–water partition coefficient (Wildman–Crippen LogP) is 2.72. The third-order valence-electron chi connectivity index (χ3n) is 3.10. The average Bonchev–Trinajstić information content (AvgIpc) is 2.82. The monoisotopic (exact) mass is 344 g/mol. The van der Waals surface area contributed by atoms with E-state index in [1.165, 1.54) is 23.5 Å². The Balaban J connectivity index is 2.36. The van der Waals surface area contributed by atoms with Crippen molar-refractivity contribution in [2.45, 2.75) is 16.3 Å². The van der Waals surface area contributed by atoms with Gasteiger partial charge in [0, 0.05) is 5.75 Å². The second kappa shape index (κ2) is 6.16. The van der Waals surface area contributed by atoms with Gasteiger partial charge < -0.3 is 0 Å². The normalized spacial score (nSPS) is 25.7. The number of thioether (sulfide) groups is 2. The van der Waals surface area contributed by atoms with Crippen LogP contribution < -0.4 is 0 Å². The molecule has 1 saturated heterocycles. The first kappa shape index (κ1) is 16.6. The molecule has 2 atom stereocenters. The highest BCUT2D eigenvalue weighted by molar-refractivity contribution is 8.22. The van der Waals surface area contributed by atoms with E-state index < -0.39 is 20.0 Å². The Hall–Kier alpha value is -0.760. The summed E-state index contributed by atoms with van der Waals surface area (Å²) in [6.45, 7) is 5.31. The summed E-state index contributed by atoms with van der Waals surface area (Å²) < 4.78 is 31.2. The summed E-state index contributed by atoms with van der Waals surface area (Å²) >= 11 is 2.67. The maximum Gasteiger partial charge on any atom is 0.267 e. The van der Waals surface area contributed by atoms with Crippen molar-refractivity contribution < 1.29 is 17.8 Å². The van der Waals surface area contributed by atoms with E-state index in [4.69, 9.17) is 0 Å². The highest BCUT2D eigenvalue weighted by Gasteiger charge is 2.47. The zero-order valence-electron chi connectivity index (χ0n) is 11.5. The second-order valence-corrected chi connectivity index (χ2v) is 9.44. The van der Waals surface area contributed by atoms with Gasteiger partial charge in [0.2, 0.25) is 0 Å². The third-order valence-corrected chi connectivity index (χ3v) is 7.89. The van der Waals surface area contributed by atoms with Gasteiger partial charge in [-0.1, -0.05) is 36.9 Å². The van der Waals surface area contributed by atoms with E-state index in [1.54, 1.807) is 6.92 Å². The van der Waals surface area contributed by atoms with Crippen LogP contribution in [-0.4, -0.2) is 35.5 Å². The lowest BCUT2D eigenvalue weighted by Gasteiger charge is -2.26. The van der Waals surface area contributed by atoms with E-state index in [0.29, 0.717) is 11.3 Å². The molecule has 0 amide bonds. The molecule has 4 nitrogen and oxygen atoms in total. The van der Waals surface area contributed by atoms with Crippen molar-refractivity contribution in [3.63, 3.8) is 0 Å². The molecule has 0 bridgehead atoms. The van der Waals surface area contributed by atoms with Crippen LogP contribution >= 0.6 is 23.5 Å². The third kappa shape index (κ3) is 3.91. The van der Waals surface area contributed by atoms with Gasteiger partial charge in [-0.05, 0) is 18.1 Å². The van der Waals surface area contributed by atoms with Crippen LogP contribution in [0.5, 0.6) is 0 Å². The summed E-state index contributed by atoms with van der Waals surface area (Å²) in [5.41, 5.74) is 1.25. The summed E-state index contributed by atoms with van der Waals surface area (Å²) in [7, 11) is -4.16. The molecule has 2 rings (SSSR count). The lowest BCUT2D eigenvalue weighted by atomic mass is 10.1. The number of Topliss-reactive ketones (excluding diaryl/α,β-unsaturated/α-hetero) is 1. The van der Waals surface area contributed by atoms with Crippen molar-refractivity contribution in [2.24, 2.45) is 0 Å². The van der Waals surface area contributed by atoms with Crippen LogP contribution in [0.4, 0.5) is 0 Å². The fourth-order valence-corrected chi connectivity index (χ4v) is 7.52. The molecule has 0 spiro atoms. The molecule has 0 saturated carbocycles. The number of carbonyl (C=O) groups is 1. The van der Waals surface area contributed by atoms with Crippen LogP contribution in [0, 0.1) is 0 Å². The van der Waals surface area contributed by atoms with Gasteiger partial charge >= 0.3 is 0 Å². The minimum absolute atomic E-state index is 0.0688. The molecule has 2 unspecified atom stereocenters. The zero-order chi connectivity index (χ0) is 15.7. The van der Waals surface area contributed by atoms with Gasteiger partial charge in [-0.2, -0.15) is 8.42 Å². The van der Waals surface area contributed by atoms with Crippen molar-refractivity contribution in [1.29, 1.82) is 0 Å². The molecular formula is C14H16O4S3. The maximum atomic E-state index is 12.1. The van der Waals surface area contributed by atoms with E-state index in [1.807, 2.05) is 30.3 Å². The van der Waals surface area contributed by atoms with Gasteiger partial charge in [0.05, 0.1) is 5.25 Å². The van der Waals surface area contributed by atoms with Crippen LogP contribution in [0.1, 0.15) is 12.5 Å². The van der Waals surface area contributed by atoms with Crippen LogP contribution in [0.25, 0.3) is 0 Å². The molecule has 0 radical (unpaired) electrons. The van der Waals surface area contributed by atoms with Gasteiger partial charge in [0.25, 0.3) is 10.1 Å². The molecule has 0 aromatic heterocycles. The number of rotatable bonds is 5. The van der Waals surface area contributed by atoms with Crippen molar-refractivity contribution in [2.75, 3.05) is 11.5 Å². The quantitative estimate of drug-likeness (QED) is 0.654. The lowest BCUT2D eigenvalue weighted by molar-refractivity contribution is -0.114. The van der Waals surface area contributed by atoms with E-state index in [-0.39, 0.29) is 11.0 Å². The Morgan fingerprint density at radius 3 is 2.57 bits per heavy atom. The van der Waals surface area contributed by atoms with Gasteiger partial charge in [-0.15, -0.1) is 23.5 Å². The highest BCUT2D eigenvalue weighted by atomic mass is 32.2. The van der Waals surface area contributed by atoms with Gasteiger partial charge in [-0.25, -0.2) is 0 Å². The van der Waals surface area contributed by atoms with E-state index in [0.717, 1.165) is 5.56 Å². The molecule has 1 heterocycles. The summed E-state index contributed by atoms with van der Waals surface area (Å²) in [6.07, 6.45) is 0. The Morgan fingerprint density at radius 2 is 2.05 bits per heavy atom. The topological polar surface area (TPSA) is 71.4 Å². The minimum Gasteiger partial charge on any atom is -0.293 e. The number of benzene rings is 1. The predicted molar refractivity (Wildman–Crippen MR) is 88.2 cm³/mol. The molecule has 1 fully saturated rings. The summed E-state index contributed by atoms with van der Waals surface area (Å²) in [4.78, 5) is 12.1. The molecule has 114 valence electrons. The fraction of sp³-hybridized carbons (Fsp3) is 0.357. The average molecular weight is 344 g/mol. The van der Waals surface area contributed by atoms with Gasteiger partial charge in [0.15, 0.2) is 5.78 Å². The summed E-state index contributed by atoms with van der Waals surface area (Å²) in [5.74, 6) is 0.0146.